The molecule has 0 aliphatic heterocycles. The molecule has 0 aliphatic rings. The molecule has 0 saturated heterocycles. The number of sulfonamides is 1. The van der Waals surface area contributed by atoms with E-state index in [1.165, 1.54) is 11.0 Å². The van der Waals surface area contributed by atoms with Crippen molar-refractivity contribution in [3.63, 3.8) is 0 Å². The molecule has 40 heavy (non-hydrogen) atoms. The van der Waals surface area contributed by atoms with Gasteiger partial charge in [0.25, 0.3) is 0 Å². The molecule has 9 heteroatoms. The maximum Gasteiger partial charge on any atom is 0.244 e. The predicted molar refractivity (Wildman–Crippen MR) is 162 cm³/mol. The fraction of sp³-hybridized carbons (Fsp3) is 0.355. The average Bonchev–Trinajstić information content (AvgIpc) is 2.86. The topological polar surface area (TPSA) is 86.8 Å². The van der Waals surface area contributed by atoms with Gasteiger partial charge in [0.2, 0.25) is 21.8 Å². The Morgan fingerprint density at radius 1 is 0.925 bits per heavy atom. The van der Waals surface area contributed by atoms with Crippen LogP contribution in [0.3, 0.4) is 0 Å². The molecule has 214 valence electrons. The van der Waals surface area contributed by atoms with E-state index in [0.29, 0.717) is 16.3 Å². The zero-order valence-corrected chi connectivity index (χ0v) is 25.5. The van der Waals surface area contributed by atoms with E-state index in [2.05, 4.69) is 5.32 Å². The summed E-state index contributed by atoms with van der Waals surface area (Å²) >= 11 is 6.21. The minimum atomic E-state index is -3.87. The summed E-state index contributed by atoms with van der Waals surface area (Å²) in [5.41, 5.74) is 3.13. The minimum absolute atomic E-state index is 0.132. The van der Waals surface area contributed by atoms with Gasteiger partial charge >= 0.3 is 0 Å². The van der Waals surface area contributed by atoms with Gasteiger partial charge in [0.15, 0.2) is 0 Å². The Bertz CT molecular complexity index is 1450. The van der Waals surface area contributed by atoms with E-state index in [1.54, 1.807) is 19.1 Å². The molecule has 0 fully saturated rings. The van der Waals surface area contributed by atoms with Crippen molar-refractivity contribution in [1.29, 1.82) is 0 Å². The molecule has 0 saturated carbocycles. The smallest absolute Gasteiger partial charge is 0.244 e. The maximum absolute atomic E-state index is 14.2. The number of benzene rings is 3. The number of hydrogen-bond acceptors (Lipinski definition) is 4. The zero-order valence-electron chi connectivity index (χ0n) is 23.9. The molecule has 1 unspecified atom stereocenters. The largest absolute Gasteiger partial charge is 0.350 e. The van der Waals surface area contributed by atoms with Crippen molar-refractivity contribution in [1.82, 2.24) is 10.2 Å². The fourth-order valence-corrected chi connectivity index (χ4v) is 5.49. The van der Waals surface area contributed by atoms with Crippen LogP contribution in [0.25, 0.3) is 0 Å². The summed E-state index contributed by atoms with van der Waals surface area (Å²) in [6, 6.07) is 21.1. The van der Waals surface area contributed by atoms with Gasteiger partial charge in [-0.1, -0.05) is 72.3 Å². The van der Waals surface area contributed by atoms with E-state index in [0.717, 1.165) is 27.3 Å². The third-order valence-corrected chi connectivity index (χ3v) is 7.85. The third kappa shape index (κ3) is 8.57. The van der Waals surface area contributed by atoms with E-state index in [4.69, 9.17) is 11.6 Å². The van der Waals surface area contributed by atoms with Gasteiger partial charge in [-0.05, 0) is 69.0 Å². The first kappa shape index (κ1) is 31.2. The SMILES string of the molecule is Cc1ccccc1CN(C(=O)CN(c1cc(Cl)ccc1C)S(C)(=O)=O)C(Cc1ccccc1)C(=O)NC(C)(C)C. The second-order valence-corrected chi connectivity index (χ2v) is 13.4. The predicted octanol–water partition coefficient (Wildman–Crippen LogP) is 5.28. The van der Waals surface area contributed by atoms with E-state index in [-0.39, 0.29) is 18.9 Å². The highest BCUT2D eigenvalue weighted by atomic mass is 35.5. The van der Waals surface area contributed by atoms with E-state index in [9.17, 15) is 18.0 Å². The standard InChI is InChI=1S/C31H38ClN3O4S/c1-22-12-10-11-15-25(22)20-34(28(30(37)33-31(3,4)5)18-24-13-8-7-9-14-24)29(36)21-35(40(6,38)39)27-19-26(32)17-16-23(27)2/h7-17,19,28H,18,20-21H2,1-6H3,(H,33,37). The lowest BCUT2D eigenvalue weighted by molar-refractivity contribution is -0.140. The van der Waals surface area contributed by atoms with Gasteiger partial charge in [-0.25, -0.2) is 8.42 Å². The van der Waals surface area contributed by atoms with Gasteiger partial charge in [-0.3, -0.25) is 13.9 Å². The van der Waals surface area contributed by atoms with Crippen molar-refractivity contribution in [3.8, 4) is 0 Å². The Morgan fingerprint density at radius 2 is 1.55 bits per heavy atom. The summed E-state index contributed by atoms with van der Waals surface area (Å²) in [6.07, 6.45) is 1.31. The van der Waals surface area contributed by atoms with Crippen LogP contribution in [0.5, 0.6) is 0 Å². The van der Waals surface area contributed by atoms with Gasteiger partial charge in [0, 0.05) is 23.5 Å². The summed E-state index contributed by atoms with van der Waals surface area (Å²) < 4.78 is 27.0. The van der Waals surface area contributed by atoms with E-state index < -0.39 is 34.1 Å². The molecule has 0 aliphatic carbocycles. The monoisotopic (exact) mass is 583 g/mol. The molecule has 0 aromatic heterocycles. The van der Waals surface area contributed by atoms with Crippen LogP contribution in [0, 0.1) is 13.8 Å². The maximum atomic E-state index is 14.2. The molecular formula is C31H38ClN3O4S. The van der Waals surface area contributed by atoms with Crippen LogP contribution < -0.4 is 9.62 Å². The van der Waals surface area contributed by atoms with E-state index >= 15 is 0 Å². The lowest BCUT2D eigenvalue weighted by Gasteiger charge is -2.35. The lowest BCUT2D eigenvalue weighted by Crippen LogP contribution is -2.56. The lowest BCUT2D eigenvalue weighted by atomic mass is 10.00. The molecule has 0 heterocycles. The fourth-order valence-electron chi connectivity index (χ4n) is 4.42. The number of halogens is 1. The second-order valence-electron chi connectivity index (χ2n) is 11.1. The van der Waals surface area contributed by atoms with Crippen molar-refractivity contribution >= 4 is 39.1 Å². The molecule has 2 amide bonds. The highest BCUT2D eigenvalue weighted by Gasteiger charge is 2.34. The molecule has 3 rings (SSSR count). The Balaban J connectivity index is 2.11. The highest BCUT2D eigenvalue weighted by molar-refractivity contribution is 7.92. The van der Waals surface area contributed by atoms with Crippen LogP contribution in [0.4, 0.5) is 5.69 Å². The quantitative estimate of drug-likeness (QED) is 0.352. The summed E-state index contributed by atoms with van der Waals surface area (Å²) in [7, 11) is -3.87. The number of carbonyl (C=O) groups excluding carboxylic acids is 2. The van der Waals surface area contributed by atoms with Gasteiger partial charge in [0.1, 0.15) is 12.6 Å². The number of anilines is 1. The number of aryl methyl sites for hydroxylation is 2. The van der Waals surface area contributed by atoms with Crippen LogP contribution in [0.15, 0.2) is 72.8 Å². The van der Waals surface area contributed by atoms with Crippen molar-refractivity contribution in [2.75, 3.05) is 17.1 Å². The molecule has 0 bridgehead atoms. The Kier molecular flexibility index (Phi) is 10.0. The van der Waals surface area contributed by atoms with Crippen LogP contribution in [-0.4, -0.2) is 49.5 Å². The van der Waals surface area contributed by atoms with Gasteiger partial charge in [-0.2, -0.15) is 0 Å². The summed E-state index contributed by atoms with van der Waals surface area (Å²) in [6.45, 7) is 8.99. The number of nitrogens with one attached hydrogen (secondary N) is 1. The minimum Gasteiger partial charge on any atom is -0.350 e. The summed E-state index contributed by atoms with van der Waals surface area (Å²) in [5, 5.41) is 3.38. The molecule has 1 atom stereocenters. The van der Waals surface area contributed by atoms with E-state index in [1.807, 2.05) is 82.3 Å². The van der Waals surface area contributed by atoms with Crippen LogP contribution in [0.1, 0.15) is 43.0 Å². The number of nitrogens with zero attached hydrogens (tertiary/aromatic N) is 2. The van der Waals surface area contributed by atoms with Crippen molar-refractivity contribution < 1.29 is 18.0 Å². The molecule has 3 aromatic rings. The van der Waals surface area contributed by atoms with Crippen LogP contribution >= 0.6 is 11.6 Å². The first-order valence-electron chi connectivity index (χ1n) is 13.1. The molecular weight excluding hydrogens is 546 g/mol. The van der Waals surface area contributed by atoms with Crippen molar-refractivity contribution in [3.05, 3.63) is 100 Å². The summed E-state index contributed by atoms with van der Waals surface area (Å²) in [5.74, 6) is -0.818. The van der Waals surface area contributed by atoms with Gasteiger partial charge in [-0.15, -0.1) is 0 Å². The van der Waals surface area contributed by atoms with Crippen LogP contribution in [-0.2, 0) is 32.6 Å². The number of rotatable bonds is 10. The molecule has 0 spiro atoms. The van der Waals surface area contributed by atoms with Crippen molar-refractivity contribution in [2.24, 2.45) is 0 Å². The normalized spacial score (nSPS) is 12.5. The Labute approximate surface area is 243 Å². The second kappa shape index (κ2) is 12.9. The highest BCUT2D eigenvalue weighted by Crippen LogP contribution is 2.27. The zero-order chi connectivity index (χ0) is 29.7. The molecule has 7 nitrogen and oxygen atoms in total. The first-order valence-corrected chi connectivity index (χ1v) is 15.3. The molecule has 1 N–H and O–H groups in total. The Hall–Kier alpha value is -3.36. The molecule has 0 radical (unpaired) electrons. The summed E-state index contributed by atoms with van der Waals surface area (Å²) in [4.78, 5) is 29.5. The van der Waals surface area contributed by atoms with Crippen molar-refractivity contribution in [2.45, 2.75) is 59.2 Å². The molecule has 3 aromatic carbocycles. The van der Waals surface area contributed by atoms with Gasteiger partial charge < -0.3 is 10.2 Å². The number of hydrogen-bond donors (Lipinski definition) is 1. The number of amides is 2. The number of carbonyl (C=O) groups is 2. The average molecular weight is 584 g/mol. The Morgan fingerprint density at radius 3 is 2.15 bits per heavy atom. The first-order chi connectivity index (χ1) is 18.7. The van der Waals surface area contributed by atoms with Gasteiger partial charge in [0.05, 0.1) is 11.9 Å². The van der Waals surface area contributed by atoms with Crippen LogP contribution in [0.2, 0.25) is 5.02 Å². The third-order valence-electron chi connectivity index (χ3n) is 6.49.